The first kappa shape index (κ1) is 15.3. The second-order valence-corrected chi connectivity index (χ2v) is 4.99. The van der Waals surface area contributed by atoms with E-state index in [1.165, 1.54) is 0 Å². The van der Waals surface area contributed by atoms with Crippen LogP contribution in [0.1, 0.15) is 19.3 Å². The van der Waals surface area contributed by atoms with E-state index in [1.807, 2.05) is 21.1 Å². The van der Waals surface area contributed by atoms with Crippen molar-refractivity contribution in [3.05, 3.63) is 0 Å². The molecule has 16 heavy (non-hydrogen) atoms. The van der Waals surface area contributed by atoms with Crippen LogP contribution in [-0.4, -0.2) is 67.7 Å². The third-order valence-electron chi connectivity index (χ3n) is 2.06. The molecule has 0 spiro atoms. The van der Waals surface area contributed by atoms with Crippen molar-refractivity contribution in [1.29, 1.82) is 0 Å². The number of quaternary nitrogens is 1. The summed E-state index contributed by atoms with van der Waals surface area (Å²) in [6.45, 7) is 1.34. The van der Waals surface area contributed by atoms with Gasteiger partial charge in [-0.1, -0.05) is 0 Å². The van der Waals surface area contributed by atoms with E-state index in [4.69, 9.17) is 14.9 Å². The summed E-state index contributed by atoms with van der Waals surface area (Å²) in [5.74, 6) is -0.833. The van der Waals surface area contributed by atoms with Crippen LogP contribution in [0, 0.1) is 0 Å². The lowest BCUT2D eigenvalue weighted by atomic mass is 10.2. The van der Waals surface area contributed by atoms with Gasteiger partial charge in [0.2, 0.25) is 0 Å². The van der Waals surface area contributed by atoms with Crippen LogP contribution in [0.15, 0.2) is 0 Å². The van der Waals surface area contributed by atoms with Gasteiger partial charge in [-0.15, -0.1) is 0 Å². The monoisotopic (exact) mass is 234 g/mol. The molecule has 0 aromatic rings. The summed E-state index contributed by atoms with van der Waals surface area (Å²) in [5.41, 5.74) is 0. The summed E-state index contributed by atoms with van der Waals surface area (Å²) >= 11 is 0. The third-order valence-corrected chi connectivity index (χ3v) is 2.06. The molecule has 1 atom stereocenters. The van der Waals surface area contributed by atoms with Crippen LogP contribution < -0.4 is 0 Å². The predicted molar refractivity (Wildman–Crippen MR) is 61.2 cm³/mol. The summed E-state index contributed by atoms with van der Waals surface area (Å²) < 4.78 is 6.20. The molecule has 5 heteroatoms. The van der Waals surface area contributed by atoms with Gasteiger partial charge in [0.25, 0.3) is 0 Å². The number of carboxylic acids is 1. The van der Waals surface area contributed by atoms with E-state index in [9.17, 15) is 4.79 Å². The van der Waals surface area contributed by atoms with Crippen molar-refractivity contribution in [3.8, 4) is 0 Å². The molecule has 0 amide bonds. The molecule has 0 heterocycles. The number of unbranched alkanes of at least 4 members (excludes halogenated alkanes) is 1. The molecule has 0 aliphatic heterocycles. The van der Waals surface area contributed by atoms with E-state index in [0.29, 0.717) is 24.1 Å². The number of ether oxygens (including phenoxy) is 1. The number of hydrogen-bond acceptors (Lipinski definition) is 3. The molecule has 0 aliphatic rings. The Morgan fingerprint density at radius 3 is 2.38 bits per heavy atom. The average Bonchev–Trinajstić information content (AvgIpc) is 2.08. The second-order valence-electron chi connectivity index (χ2n) is 4.99. The summed E-state index contributed by atoms with van der Waals surface area (Å²) in [7, 11) is 6.02. The first-order valence-electron chi connectivity index (χ1n) is 5.60. The Balaban J connectivity index is 3.96. The number of carbonyl (C=O) groups is 1. The molecule has 0 aromatic carbocycles. The van der Waals surface area contributed by atoms with Gasteiger partial charge in [-0.3, -0.25) is 4.79 Å². The highest BCUT2D eigenvalue weighted by Gasteiger charge is 2.21. The summed E-state index contributed by atoms with van der Waals surface area (Å²) in [6.07, 6.45) is 1.25. The lowest BCUT2D eigenvalue weighted by Crippen LogP contribution is -2.43. The van der Waals surface area contributed by atoms with Gasteiger partial charge in [-0.2, -0.15) is 0 Å². The molecular formula is C11H24NO4+. The van der Waals surface area contributed by atoms with E-state index in [2.05, 4.69) is 0 Å². The van der Waals surface area contributed by atoms with Crippen molar-refractivity contribution < 1.29 is 24.2 Å². The fourth-order valence-corrected chi connectivity index (χ4v) is 1.45. The quantitative estimate of drug-likeness (QED) is 0.445. The highest BCUT2D eigenvalue weighted by atomic mass is 16.5. The highest BCUT2D eigenvalue weighted by molar-refractivity contribution is 5.67. The fourth-order valence-electron chi connectivity index (χ4n) is 1.45. The minimum absolute atomic E-state index is 0.0364. The number of likely N-dealkylation sites (N-methyl/N-ethyl adjacent to an activating group) is 1. The van der Waals surface area contributed by atoms with Crippen LogP contribution in [0.4, 0.5) is 0 Å². The van der Waals surface area contributed by atoms with Crippen LogP contribution in [0.3, 0.4) is 0 Å². The van der Waals surface area contributed by atoms with Gasteiger partial charge >= 0.3 is 5.97 Å². The number of carboxylic acid groups (broad SMARTS) is 1. The summed E-state index contributed by atoms with van der Waals surface area (Å²) in [5, 5.41) is 17.4. The SMILES string of the molecule is C[N+](C)(C)C[C@@H](CC(=O)O)OCCCCO. The number of aliphatic hydroxyl groups is 1. The van der Waals surface area contributed by atoms with Crippen LogP contribution in [-0.2, 0) is 9.53 Å². The number of aliphatic hydroxyl groups excluding tert-OH is 1. The van der Waals surface area contributed by atoms with Gasteiger partial charge in [-0.05, 0) is 12.8 Å². The average molecular weight is 234 g/mol. The minimum atomic E-state index is -0.833. The Bertz CT molecular complexity index is 201. The Morgan fingerprint density at radius 1 is 1.31 bits per heavy atom. The van der Waals surface area contributed by atoms with E-state index < -0.39 is 5.97 Å². The third kappa shape index (κ3) is 9.89. The zero-order valence-corrected chi connectivity index (χ0v) is 10.5. The molecule has 0 bridgehead atoms. The van der Waals surface area contributed by atoms with Crippen molar-refractivity contribution in [2.24, 2.45) is 0 Å². The number of aliphatic carboxylic acids is 1. The number of rotatable bonds is 9. The largest absolute Gasteiger partial charge is 0.481 e. The van der Waals surface area contributed by atoms with E-state index in [-0.39, 0.29) is 19.1 Å². The van der Waals surface area contributed by atoms with E-state index >= 15 is 0 Å². The summed E-state index contributed by atoms with van der Waals surface area (Å²) in [4.78, 5) is 10.7. The van der Waals surface area contributed by atoms with E-state index in [0.717, 1.165) is 6.42 Å². The molecule has 5 nitrogen and oxygen atoms in total. The minimum Gasteiger partial charge on any atom is -0.481 e. The Morgan fingerprint density at radius 2 is 1.94 bits per heavy atom. The van der Waals surface area contributed by atoms with Gasteiger partial charge < -0.3 is 19.4 Å². The Kier molecular flexibility index (Phi) is 7.29. The smallest absolute Gasteiger partial charge is 0.306 e. The van der Waals surface area contributed by atoms with Crippen molar-refractivity contribution in [2.75, 3.05) is 40.9 Å². The summed E-state index contributed by atoms with van der Waals surface area (Å²) in [6, 6.07) is 0. The van der Waals surface area contributed by atoms with Gasteiger partial charge in [0, 0.05) is 13.2 Å². The van der Waals surface area contributed by atoms with Crippen molar-refractivity contribution in [3.63, 3.8) is 0 Å². The standard InChI is InChI=1S/C11H23NO4/c1-12(2,3)9-10(8-11(14)15)16-7-5-4-6-13/h10,13H,4-9H2,1-3H3/p+1/t10-/m1/s1. The van der Waals surface area contributed by atoms with Crippen LogP contribution in [0.2, 0.25) is 0 Å². The van der Waals surface area contributed by atoms with Crippen molar-refractivity contribution in [2.45, 2.75) is 25.4 Å². The molecule has 0 aliphatic carbocycles. The molecule has 2 N–H and O–H groups in total. The topological polar surface area (TPSA) is 66.8 Å². The lowest BCUT2D eigenvalue weighted by molar-refractivity contribution is -0.873. The predicted octanol–water partition coefficient (Wildman–Crippen LogP) is 0.325. The van der Waals surface area contributed by atoms with Gasteiger partial charge in [0.1, 0.15) is 12.6 Å². The number of nitrogens with zero attached hydrogens (tertiary/aromatic N) is 1. The van der Waals surface area contributed by atoms with Crippen molar-refractivity contribution in [1.82, 2.24) is 0 Å². The van der Waals surface area contributed by atoms with Gasteiger partial charge in [0.15, 0.2) is 0 Å². The zero-order valence-electron chi connectivity index (χ0n) is 10.5. The highest BCUT2D eigenvalue weighted by Crippen LogP contribution is 2.06. The molecule has 0 aromatic heterocycles. The molecule has 0 unspecified atom stereocenters. The van der Waals surface area contributed by atoms with Gasteiger partial charge in [-0.25, -0.2) is 0 Å². The second kappa shape index (κ2) is 7.60. The van der Waals surface area contributed by atoms with Crippen LogP contribution in [0.25, 0.3) is 0 Å². The zero-order chi connectivity index (χ0) is 12.6. The number of hydrogen-bond donors (Lipinski definition) is 2. The molecule has 0 rings (SSSR count). The molecular weight excluding hydrogens is 210 g/mol. The molecule has 0 radical (unpaired) electrons. The normalized spacial score (nSPS) is 13.8. The molecule has 0 fully saturated rings. The van der Waals surface area contributed by atoms with Crippen LogP contribution >= 0.6 is 0 Å². The first-order chi connectivity index (χ1) is 7.35. The molecule has 0 saturated carbocycles. The Hall–Kier alpha value is -0.650. The maximum absolute atomic E-state index is 10.7. The van der Waals surface area contributed by atoms with Gasteiger partial charge in [0.05, 0.1) is 27.6 Å². The van der Waals surface area contributed by atoms with E-state index in [1.54, 1.807) is 0 Å². The maximum Gasteiger partial charge on any atom is 0.306 e. The Labute approximate surface area is 97.2 Å². The van der Waals surface area contributed by atoms with Crippen LogP contribution in [0.5, 0.6) is 0 Å². The lowest BCUT2D eigenvalue weighted by Gasteiger charge is -2.28. The molecule has 96 valence electrons. The van der Waals surface area contributed by atoms with Crippen molar-refractivity contribution >= 4 is 5.97 Å². The first-order valence-corrected chi connectivity index (χ1v) is 5.60. The fraction of sp³-hybridized carbons (Fsp3) is 0.909. The molecule has 0 saturated heterocycles. The maximum atomic E-state index is 10.7.